The molecule has 2 aliphatic rings. The van der Waals surface area contributed by atoms with Gasteiger partial charge >= 0.3 is 6.03 Å². The van der Waals surface area contributed by atoms with Gasteiger partial charge in [-0.15, -0.1) is 0 Å². The Labute approximate surface area is 182 Å². The van der Waals surface area contributed by atoms with Gasteiger partial charge < -0.3 is 15.6 Å². The Morgan fingerprint density at radius 3 is 2.58 bits per heavy atom. The molecule has 1 saturated heterocycles. The molecular weight excluding hydrogens is 394 g/mol. The molecule has 1 aliphatic heterocycles. The molecule has 1 aliphatic carbocycles. The fraction of sp³-hybridized carbons (Fsp3) is 0.565. The number of hydrogen-bond acceptors (Lipinski definition) is 4. The van der Waals surface area contributed by atoms with E-state index in [0.717, 1.165) is 28.8 Å². The number of carbonyl (C=O) groups excluding carboxylic acids is 3. The second-order valence-electron chi connectivity index (χ2n) is 9.97. The maximum atomic E-state index is 13.1. The number of rotatable bonds is 4. The minimum atomic E-state index is -0.858. The lowest BCUT2D eigenvalue weighted by Gasteiger charge is -2.40. The summed E-state index contributed by atoms with van der Waals surface area (Å²) in [4.78, 5) is 47.0. The summed E-state index contributed by atoms with van der Waals surface area (Å²) in [5.41, 5.74) is 1.03. The first-order valence-corrected chi connectivity index (χ1v) is 11.0. The van der Waals surface area contributed by atoms with Crippen molar-refractivity contribution in [1.29, 1.82) is 0 Å². The Bertz CT molecular complexity index is 981. The molecule has 8 heteroatoms. The van der Waals surface area contributed by atoms with E-state index in [0.29, 0.717) is 24.6 Å². The SMILES string of the molecule is CC(NC(=O)CN1C(=O)NC2(CCC(C(C)(C)C)CC2)C1=O)c1nc2ccccc2[nH]1. The average molecular weight is 426 g/mol. The fourth-order valence-electron chi connectivity index (χ4n) is 4.81. The van der Waals surface area contributed by atoms with E-state index in [1.165, 1.54) is 0 Å². The molecule has 4 amide bonds. The topological polar surface area (TPSA) is 107 Å². The van der Waals surface area contributed by atoms with Crippen LogP contribution in [0.4, 0.5) is 4.79 Å². The zero-order valence-electron chi connectivity index (χ0n) is 18.6. The molecule has 2 fully saturated rings. The number of fused-ring (bicyclic) bond motifs is 1. The molecule has 8 nitrogen and oxygen atoms in total. The Hall–Kier alpha value is -2.90. The number of aromatic amines is 1. The predicted octanol–water partition coefficient (Wildman–Crippen LogP) is 3.27. The molecule has 1 aromatic heterocycles. The molecule has 166 valence electrons. The lowest BCUT2D eigenvalue weighted by Crippen LogP contribution is -2.51. The molecule has 2 aromatic rings. The molecule has 0 radical (unpaired) electrons. The first-order chi connectivity index (χ1) is 14.6. The number of nitrogens with zero attached hydrogens (tertiary/aromatic N) is 2. The van der Waals surface area contributed by atoms with E-state index >= 15 is 0 Å². The van der Waals surface area contributed by atoms with E-state index in [1.807, 2.05) is 31.2 Å². The van der Waals surface area contributed by atoms with E-state index < -0.39 is 17.5 Å². The van der Waals surface area contributed by atoms with Crippen LogP contribution in [0.15, 0.2) is 24.3 Å². The van der Waals surface area contributed by atoms with Gasteiger partial charge in [0.1, 0.15) is 17.9 Å². The molecule has 1 saturated carbocycles. The number of benzene rings is 1. The van der Waals surface area contributed by atoms with Crippen molar-refractivity contribution in [3.05, 3.63) is 30.1 Å². The Morgan fingerprint density at radius 1 is 1.26 bits per heavy atom. The Morgan fingerprint density at radius 2 is 1.94 bits per heavy atom. The van der Waals surface area contributed by atoms with Crippen molar-refractivity contribution in [3.63, 3.8) is 0 Å². The summed E-state index contributed by atoms with van der Waals surface area (Å²) in [6.45, 7) is 8.16. The molecule has 3 N–H and O–H groups in total. The third-order valence-electron chi connectivity index (χ3n) is 6.81. The molecule has 31 heavy (non-hydrogen) atoms. The highest BCUT2D eigenvalue weighted by Crippen LogP contribution is 2.43. The first kappa shape index (κ1) is 21.3. The number of imidazole rings is 1. The van der Waals surface area contributed by atoms with E-state index in [-0.39, 0.29) is 23.9 Å². The van der Waals surface area contributed by atoms with Crippen LogP contribution in [0.5, 0.6) is 0 Å². The largest absolute Gasteiger partial charge is 0.345 e. The number of aromatic nitrogens is 2. The van der Waals surface area contributed by atoms with Crippen molar-refractivity contribution < 1.29 is 14.4 Å². The van der Waals surface area contributed by atoms with Gasteiger partial charge in [-0.1, -0.05) is 32.9 Å². The van der Waals surface area contributed by atoms with Crippen molar-refractivity contribution in [2.45, 2.75) is 65.0 Å². The van der Waals surface area contributed by atoms with Crippen LogP contribution in [0.1, 0.15) is 65.2 Å². The van der Waals surface area contributed by atoms with Crippen LogP contribution in [0.3, 0.4) is 0 Å². The van der Waals surface area contributed by atoms with Crippen molar-refractivity contribution in [2.75, 3.05) is 6.54 Å². The summed E-state index contributed by atoms with van der Waals surface area (Å²) in [5.74, 6) is 0.474. The fourth-order valence-corrected chi connectivity index (χ4v) is 4.81. The van der Waals surface area contributed by atoms with Crippen LogP contribution in [0, 0.1) is 11.3 Å². The third-order valence-corrected chi connectivity index (χ3v) is 6.81. The minimum absolute atomic E-state index is 0.180. The average Bonchev–Trinajstić information content (AvgIpc) is 3.23. The van der Waals surface area contributed by atoms with Gasteiger partial charge in [0.2, 0.25) is 5.91 Å². The number of imide groups is 1. The monoisotopic (exact) mass is 425 g/mol. The summed E-state index contributed by atoms with van der Waals surface area (Å²) >= 11 is 0. The molecule has 1 aromatic carbocycles. The van der Waals surface area contributed by atoms with Crippen LogP contribution in [-0.4, -0.2) is 44.8 Å². The maximum Gasteiger partial charge on any atom is 0.325 e. The molecule has 1 unspecified atom stereocenters. The Kier molecular flexibility index (Phi) is 5.27. The van der Waals surface area contributed by atoms with Crippen molar-refractivity contribution in [1.82, 2.24) is 25.5 Å². The second-order valence-corrected chi connectivity index (χ2v) is 9.97. The van der Waals surface area contributed by atoms with Gasteiger partial charge in [0.25, 0.3) is 5.91 Å². The molecule has 1 atom stereocenters. The Balaban J connectivity index is 1.38. The molecule has 0 bridgehead atoms. The zero-order valence-corrected chi connectivity index (χ0v) is 18.6. The van der Waals surface area contributed by atoms with Crippen LogP contribution >= 0.6 is 0 Å². The highest BCUT2D eigenvalue weighted by molar-refractivity contribution is 6.09. The van der Waals surface area contributed by atoms with Gasteiger partial charge in [0.15, 0.2) is 0 Å². The minimum Gasteiger partial charge on any atom is -0.345 e. The van der Waals surface area contributed by atoms with E-state index in [9.17, 15) is 14.4 Å². The van der Waals surface area contributed by atoms with Gasteiger partial charge in [0, 0.05) is 0 Å². The summed E-state index contributed by atoms with van der Waals surface area (Å²) in [7, 11) is 0. The third kappa shape index (κ3) is 4.03. The molecular formula is C23H31N5O3. The second kappa shape index (κ2) is 7.66. The number of carbonyl (C=O) groups is 3. The maximum absolute atomic E-state index is 13.1. The predicted molar refractivity (Wildman–Crippen MR) is 117 cm³/mol. The van der Waals surface area contributed by atoms with Gasteiger partial charge in [-0.25, -0.2) is 9.78 Å². The van der Waals surface area contributed by atoms with Gasteiger partial charge in [0.05, 0.1) is 17.1 Å². The molecule has 4 rings (SSSR count). The first-order valence-electron chi connectivity index (χ1n) is 11.0. The number of H-pyrrole nitrogens is 1. The van der Waals surface area contributed by atoms with Crippen LogP contribution in [-0.2, 0) is 9.59 Å². The lowest BCUT2D eigenvalue weighted by atomic mass is 9.67. The van der Waals surface area contributed by atoms with E-state index in [4.69, 9.17) is 0 Å². The van der Waals surface area contributed by atoms with Crippen molar-refractivity contribution in [2.24, 2.45) is 11.3 Å². The smallest absolute Gasteiger partial charge is 0.325 e. The number of para-hydroxylation sites is 2. The van der Waals surface area contributed by atoms with Crippen molar-refractivity contribution >= 4 is 28.9 Å². The van der Waals surface area contributed by atoms with Crippen LogP contribution < -0.4 is 10.6 Å². The van der Waals surface area contributed by atoms with E-state index in [1.54, 1.807) is 0 Å². The highest BCUT2D eigenvalue weighted by Gasteiger charge is 2.53. The molecule has 1 spiro atoms. The normalized spacial score (nSPS) is 25.2. The van der Waals surface area contributed by atoms with Crippen LogP contribution in [0.2, 0.25) is 0 Å². The summed E-state index contributed by atoms with van der Waals surface area (Å²) < 4.78 is 0. The number of nitrogens with one attached hydrogen (secondary N) is 3. The van der Waals surface area contributed by atoms with Gasteiger partial charge in [-0.05, 0) is 56.1 Å². The van der Waals surface area contributed by atoms with Gasteiger partial charge in [-0.3, -0.25) is 14.5 Å². The van der Waals surface area contributed by atoms with Crippen LogP contribution in [0.25, 0.3) is 11.0 Å². The van der Waals surface area contributed by atoms with E-state index in [2.05, 4.69) is 41.4 Å². The van der Waals surface area contributed by atoms with Crippen molar-refractivity contribution in [3.8, 4) is 0 Å². The summed E-state index contributed by atoms with van der Waals surface area (Å²) in [6, 6.07) is 6.77. The molecule has 2 heterocycles. The number of urea groups is 1. The number of amides is 4. The van der Waals surface area contributed by atoms with Gasteiger partial charge in [-0.2, -0.15) is 0 Å². The summed E-state index contributed by atoms with van der Waals surface area (Å²) in [5, 5.41) is 5.73. The standard InChI is InChI=1S/C23H31N5O3/c1-14(19-25-16-7-5-6-8-17(16)26-19)24-18(29)13-28-20(30)23(27-21(28)31)11-9-15(10-12-23)22(2,3)4/h5-8,14-15H,9-13H2,1-4H3,(H,24,29)(H,25,26)(H,27,31). The summed E-state index contributed by atoms with van der Waals surface area (Å²) in [6.07, 6.45) is 3.01. The lowest BCUT2D eigenvalue weighted by molar-refractivity contribution is -0.136. The zero-order chi connectivity index (χ0) is 22.4. The highest BCUT2D eigenvalue weighted by atomic mass is 16.2. The number of hydrogen-bond donors (Lipinski definition) is 3. The quantitative estimate of drug-likeness (QED) is 0.654.